The van der Waals surface area contributed by atoms with E-state index in [9.17, 15) is 115 Å². The lowest BCUT2D eigenvalue weighted by molar-refractivity contribution is -0.140. The first-order chi connectivity index (χ1) is 63.2. The fraction of sp³-hybridized carbons (Fsp3) is 0.140. The normalized spacial score (nSPS) is 13.9. The van der Waals surface area contributed by atoms with Gasteiger partial charge in [0.2, 0.25) is 17.4 Å². The smallest absolute Gasteiger partial charge is 0.415 e. The van der Waals surface area contributed by atoms with Gasteiger partial charge in [-0.15, -0.1) is 0 Å². The molecule has 0 bridgehead atoms. The Hall–Kier alpha value is -13.8. The zero-order valence-electron chi connectivity index (χ0n) is 69.9. The standard InChI is InChI=1S/C24H20O10S2.C21H21NO7S.C20H22O5S.C14H8F4O4S.C14H12O4S/c1-2-16-11-19(33-14-23(25)17-3-7-21(8-4-17)35(27,28)29)13-20(12-16)34-15-24(26)18-5-9-22(10-6-18)36(30,31)32;1-2-15-3-5-18(6-4-15)29-21(24)22-13-11-16(12-14-22)20(23)28-17-7-9-19(10-8-17)30(25,26)27;1-2-15-7-9-16(10-8-15)24-17-11-13-18(14-12-17)25-19-5-3-4-6-20(19)26(21,22)23;1-2-7-4-3-5-8(6-7)22-13-9(15)11(17)14(23(19,20)21)12(18)10(13)16;1-2-11-4-3-5-13(10-11)18-12-6-8-14(9-7-12)19(15,16)17/h2-13H,1,14-15H2,(H,27,28,29)(H,30,31,32);2-10,16H,1,11-14H2,(H,25,26,27);2-10,17-18H,1,11-14H2,(H,21,22,23);2-6H,1H2,(H,19,20,21);2-10H,1H2,(H,15,16,17)/p-6. The van der Waals surface area contributed by atoms with Crippen LogP contribution in [-0.2, 0) is 65.5 Å². The first-order valence-corrected chi connectivity index (χ1v) is 47.7. The van der Waals surface area contributed by atoms with Gasteiger partial charge in [-0.2, -0.15) is 8.78 Å². The maximum atomic E-state index is 13.8. The summed E-state index contributed by atoms with van der Waals surface area (Å²) in [7, 11) is -28.5. The number of hydrogen-bond acceptors (Lipinski definition) is 30. The van der Waals surface area contributed by atoms with Gasteiger partial charge in [-0.25, -0.2) is 64.1 Å². The highest BCUT2D eigenvalue weighted by Gasteiger charge is 2.33. The van der Waals surface area contributed by atoms with Crippen LogP contribution in [0.2, 0.25) is 0 Å². The summed E-state index contributed by atoms with van der Waals surface area (Å²) < 4.78 is 296. The van der Waals surface area contributed by atoms with Crippen LogP contribution < -0.4 is 37.9 Å². The number of rotatable bonds is 30. The molecule has 41 heteroatoms. The van der Waals surface area contributed by atoms with Crippen LogP contribution >= 0.6 is 0 Å². The predicted molar refractivity (Wildman–Crippen MR) is 472 cm³/mol. The number of likely N-dealkylation sites (tertiary alicyclic amines) is 1. The van der Waals surface area contributed by atoms with Crippen molar-refractivity contribution in [2.75, 3.05) is 26.3 Å². The Morgan fingerprint density at radius 2 is 0.709 bits per heavy atom. The molecule has 11 aromatic carbocycles. The van der Waals surface area contributed by atoms with Gasteiger partial charge in [0.05, 0.1) is 42.6 Å². The van der Waals surface area contributed by atoms with E-state index in [1.54, 1.807) is 78.9 Å². The average molecular weight is 1960 g/mol. The van der Waals surface area contributed by atoms with E-state index >= 15 is 0 Å². The average Bonchev–Trinajstić information content (AvgIpc) is 0.763. The van der Waals surface area contributed by atoms with Gasteiger partial charge in [-0.05, 0) is 212 Å². The summed E-state index contributed by atoms with van der Waals surface area (Å²) >= 11 is 0. The van der Waals surface area contributed by atoms with Crippen molar-refractivity contribution in [2.45, 2.75) is 80.1 Å². The number of Topliss-reactive ketones (excluding diaryl/α,β-unsaturated/α-hetero) is 2. The van der Waals surface area contributed by atoms with E-state index in [4.69, 9.17) is 37.9 Å². The summed E-state index contributed by atoms with van der Waals surface area (Å²) in [5.74, 6) is -9.45. The molecule has 1 aliphatic carbocycles. The molecule has 2 fully saturated rings. The van der Waals surface area contributed by atoms with E-state index in [0.29, 0.717) is 54.3 Å². The maximum absolute atomic E-state index is 13.8. The Bertz CT molecular complexity index is 6720. The minimum atomic E-state index is -5.76. The van der Waals surface area contributed by atoms with Crippen LogP contribution in [0.5, 0.6) is 57.5 Å². The molecule has 11 aromatic rings. The number of nitrogens with zero attached hydrogens (tertiary/aromatic N) is 1. The molecule has 0 N–H and O–H groups in total. The van der Waals surface area contributed by atoms with Crippen LogP contribution in [0.25, 0.3) is 30.4 Å². The van der Waals surface area contributed by atoms with E-state index in [-0.39, 0.29) is 61.9 Å². The van der Waals surface area contributed by atoms with Gasteiger partial charge in [0.1, 0.15) is 117 Å². The molecule has 134 heavy (non-hydrogen) atoms. The molecule has 1 amide bonds. The number of halogens is 4. The lowest BCUT2D eigenvalue weighted by atomic mass is 9.95. The SMILES string of the molecule is C=Cc1cc(OCC(=O)c2ccc(S(=O)(=O)[O-])cc2)cc(OCC(=O)c2ccc(S(=O)(=O)[O-])cc2)c1.C=Cc1ccc(OC(=O)N2CCC(C(=O)Oc3ccc(S(=O)(=O)[O-])cc3)CC2)cc1.C=Cc1ccc(OC2CCC(Oc3ccccc3S(=O)(=O)[O-])CC2)cc1.C=Cc1cccc(Oc2c(F)c(F)c(S(=O)(=O)[O-])c(F)c2F)c1.C=Cc1cccc(Oc2ccc(S(=O)(=O)[O-])cc2)c1. The van der Waals surface area contributed by atoms with Crippen LogP contribution in [0.15, 0.2) is 299 Å². The highest BCUT2D eigenvalue weighted by Crippen LogP contribution is 2.37. The molecule has 0 atom stereocenters. The van der Waals surface area contributed by atoms with Crippen LogP contribution in [0.4, 0.5) is 22.4 Å². The second kappa shape index (κ2) is 46.5. The third kappa shape index (κ3) is 30.9. The van der Waals surface area contributed by atoms with Crippen molar-refractivity contribution in [1.29, 1.82) is 0 Å². The van der Waals surface area contributed by atoms with Crippen LogP contribution in [0.1, 0.15) is 87.1 Å². The lowest BCUT2D eigenvalue weighted by Gasteiger charge is -2.30. The summed E-state index contributed by atoms with van der Waals surface area (Å²) in [6.45, 7) is 18.0. The number of ether oxygens (including phenoxy) is 8. The first kappa shape index (κ1) is 104. The third-order valence-corrected chi connectivity index (χ3v) is 24.3. The van der Waals surface area contributed by atoms with Gasteiger partial charge in [-0.1, -0.05) is 148 Å². The maximum Gasteiger partial charge on any atom is 0.415 e. The zero-order chi connectivity index (χ0) is 98.0. The summed E-state index contributed by atoms with van der Waals surface area (Å²) in [5, 5.41) is 0. The molecule has 1 aliphatic heterocycles. The number of para-hydroxylation sites is 1. The van der Waals surface area contributed by atoms with E-state index in [1.807, 2.05) is 36.4 Å². The Kier molecular flexibility index (Phi) is 36.1. The minimum Gasteiger partial charge on any atom is -0.744 e. The van der Waals surface area contributed by atoms with Gasteiger partial charge in [0, 0.05) is 30.3 Å². The number of carbonyl (C=O) groups is 4. The van der Waals surface area contributed by atoms with Gasteiger partial charge in [0.25, 0.3) is 0 Å². The molecule has 0 aromatic heterocycles. The number of benzene rings is 11. The number of amides is 1. The Balaban J connectivity index is 0.000000191. The van der Waals surface area contributed by atoms with E-state index < -0.39 is 152 Å². The highest BCUT2D eigenvalue weighted by atomic mass is 32.2. The Morgan fingerprint density at radius 1 is 0.343 bits per heavy atom. The molecular formula is C93H77F4NO30S6-6. The van der Waals surface area contributed by atoms with Gasteiger partial charge >= 0.3 is 12.1 Å². The molecule has 704 valence electrons. The van der Waals surface area contributed by atoms with E-state index in [2.05, 4.69) is 32.9 Å². The Labute approximate surface area is 768 Å². The second-order valence-electron chi connectivity index (χ2n) is 28.4. The zero-order valence-corrected chi connectivity index (χ0v) is 74.8. The van der Waals surface area contributed by atoms with Gasteiger partial charge in [0.15, 0.2) is 36.4 Å². The lowest BCUT2D eigenvalue weighted by Crippen LogP contribution is -2.42. The van der Waals surface area contributed by atoms with Crippen molar-refractivity contribution < 1.29 is 152 Å². The van der Waals surface area contributed by atoms with Gasteiger partial charge < -0.3 is 70.1 Å². The molecule has 31 nitrogen and oxygen atoms in total. The fourth-order valence-corrected chi connectivity index (χ4v) is 15.4. The fourth-order valence-electron chi connectivity index (χ4n) is 12.3. The minimum absolute atomic E-state index is 0.0999. The number of esters is 1. The number of ketones is 2. The molecular weight excluding hydrogens is 1880 g/mol. The number of carbonyl (C=O) groups excluding carboxylic acids is 4. The highest BCUT2D eigenvalue weighted by molar-refractivity contribution is 7.87. The van der Waals surface area contributed by atoms with E-state index in [1.165, 1.54) is 120 Å². The monoisotopic (exact) mass is 1960 g/mol. The Morgan fingerprint density at radius 3 is 1.11 bits per heavy atom. The summed E-state index contributed by atoms with van der Waals surface area (Å²) in [6.07, 6.45) is 11.5. The van der Waals surface area contributed by atoms with Gasteiger partial charge in [-0.3, -0.25) is 14.4 Å². The van der Waals surface area contributed by atoms with Crippen molar-refractivity contribution in [3.8, 4) is 57.5 Å². The molecule has 0 unspecified atom stereocenters. The summed E-state index contributed by atoms with van der Waals surface area (Å²) in [5.41, 5.74) is 4.21. The van der Waals surface area contributed by atoms with Crippen molar-refractivity contribution in [2.24, 2.45) is 5.92 Å². The van der Waals surface area contributed by atoms with Crippen molar-refractivity contribution in [3.05, 3.63) is 332 Å². The summed E-state index contributed by atoms with van der Waals surface area (Å²) in [4.78, 5) is 46.8. The number of piperidine rings is 1. The third-order valence-electron chi connectivity index (χ3n) is 19.2. The molecule has 2 aliphatic rings. The largest absolute Gasteiger partial charge is 0.744 e. The van der Waals surface area contributed by atoms with Crippen LogP contribution in [0.3, 0.4) is 0 Å². The first-order valence-electron chi connectivity index (χ1n) is 39.2. The number of hydrogen-bond donors (Lipinski definition) is 0. The molecule has 0 spiro atoms. The molecule has 1 heterocycles. The second-order valence-corrected chi connectivity index (χ2v) is 36.6. The van der Waals surface area contributed by atoms with Crippen molar-refractivity contribution in [3.63, 3.8) is 0 Å². The van der Waals surface area contributed by atoms with Crippen molar-refractivity contribution >= 4 is 115 Å². The summed E-state index contributed by atoms with van der Waals surface area (Å²) in [6, 6.07) is 57.0. The topological polar surface area (TPSA) is 489 Å². The molecule has 1 saturated carbocycles. The van der Waals surface area contributed by atoms with Crippen LogP contribution in [-0.4, -0.2) is 145 Å². The molecule has 13 rings (SSSR count). The van der Waals surface area contributed by atoms with E-state index in [0.717, 1.165) is 84.5 Å². The van der Waals surface area contributed by atoms with Crippen molar-refractivity contribution in [1.82, 2.24) is 4.90 Å². The predicted octanol–water partition coefficient (Wildman–Crippen LogP) is 16.3. The molecule has 1 saturated heterocycles. The molecule has 0 radical (unpaired) electrons. The quantitative estimate of drug-likeness (QED) is 0.0101. The van der Waals surface area contributed by atoms with Crippen LogP contribution in [0, 0.1) is 29.2 Å².